The number of rotatable bonds is 6. The number of hydrogen-bond donors (Lipinski definition) is 0. The molecule has 0 N–H and O–H groups in total. The molecule has 6 nitrogen and oxygen atoms in total. The van der Waals surface area contributed by atoms with Gasteiger partial charge in [-0.05, 0) is 39.3 Å². The molecule has 2 aromatic rings. The second kappa shape index (κ2) is 7.61. The summed E-state index contributed by atoms with van der Waals surface area (Å²) in [5.41, 5.74) is 1.95. The van der Waals surface area contributed by atoms with Gasteiger partial charge in [-0.25, -0.2) is 13.4 Å². The van der Waals surface area contributed by atoms with E-state index < -0.39 is 9.84 Å². The molecule has 1 aromatic carbocycles. The van der Waals surface area contributed by atoms with Crippen molar-refractivity contribution in [2.24, 2.45) is 0 Å². The van der Waals surface area contributed by atoms with Crippen LogP contribution in [0.4, 0.5) is 17.5 Å². The molecule has 1 saturated heterocycles. The van der Waals surface area contributed by atoms with Crippen LogP contribution in [0.1, 0.15) is 26.0 Å². The predicted octanol–water partition coefficient (Wildman–Crippen LogP) is 2.96. The first-order chi connectivity index (χ1) is 12.4. The van der Waals surface area contributed by atoms with Crippen molar-refractivity contribution >= 4 is 27.3 Å². The summed E-state index contributed by atoms with van der Waals surface area (Å²) in [6.07, 6.45) is 0.638. The maximum atomic E-state index is 11.9. The molecule has 1 unspecified atom stereocenters. The van der Waals surface area contributed by atoms with Crippen LogP contribution >= 0.6 is 0 Å². The molecule has 0 aliphatic carbocycles. The Morgan fingerprint density at radius 1 is 1.12 bits per heavy atom. The highest BCUT2D eigenvalue weighted by Crippen LogP contribution is 2.27. The Morgan fingerprint density at radius 3 is 2.42 bits per heavy atom. The molecule has 0 amide bonds. The SMILES string of the molecule is CCN(c1ccccc1)c1cc(C)nc(N(CC)C2CCS(=O)(=O)C2)n1. The average molecular weight is 375 g/mol. The molecule has 0 spiro atoms. The summed E-state index contributed by atoms with van der Waals surface area (Å²) in [4.78, 5) is 13.6. The minimum Gasteiger partial charge on any atom is -0.337 e. The number of sulfone groups is 1. The number of hydrogen-bond acceptors (Lipinski definition) is 6. The lowest BCUT2D eigenvalue weighted by atomic mass is 10.2. The summed E-state index contributed by atoms with van der Waals surface area (Å²) in [7, 11) is -2.95. The van der Waals surface area contributed by atoms with Crippen LogP contribution in [0.15, 0.2) is 36.4 Å². The molecule has 7 heteroatoms. The number of benzene rings is 1. The first kappa shape index (κ1) is 18.6. The van der Waals surface area contributed by atoms with Crippen molar-refractivity contribution in [1.82, 2.24) is 9.97 Å². The second-order valence-electron chi connectivity index (χ2n) is 6.59. The molecule has 1 aliphatic heterocycles. The van der Waals surface area contributed by atoms with Gasteiger partial charge < -0.3 is 9.80 Å². The molecule has 0 bridgehead atoms. The Balaban J connectivity index is 1.96. The zero-order chi connectivity index (χ0) is 18.7. The summed E-state index contributed by atoms with van der Waals surface area (Å²) < 4.78 is 23.8. The number of para-hydroxylation sites is 1. The lowest BCUT2D eigenvalue weighted by Crippen LogP contribution is -2.37. The monoisotopic (exact) mass is 374 g/mol. The van der Waals surface area contributed by atoms with Gasteiger partial charge in [0.1, 0.15) is 5.82 Å². The fraction of sp³-hybridized carbons (Fsp3) is 0.474. The highest BCUT2D eigenvalue weighted by molar-refractivity contribution is 7.91. The van der Waals surface area contributed by atoms with Gasteiger partial charge in [-0.3, -0.25) is 0 Å². The van der Waals surface area contributed by atoms with E-state index >= 15 is 0 Å². The third kappa shape index (κ3) is 3.98. The van der Waals surface area contributed by atoms with E-state index in [1.54, 1.807) is 0 Å². The predicted molar refractivity (Wildman–Crippen MR) is 106 cm³/mol. The smallest absolute Gasteiger partial charge is 0.227 e. The minimum atomic E-state index is -2.95. The Kier molecular flexibility index (Phi) is 5.46. The van der Waals surface area contributed by atoms with E-state index in [1.165, 1.54) is 0 Å². The maximum absolute atomic E-state index is 11.9. The summed E-state index contributed by atoms with van der Waals surface area (Å²) in [5.74, 6) is 1.88. The topological polar surface area (TPSA) is 66.4 Å². The van der Waals surface area contributed by atoms with E-state index in [9.17, 15) is 8.42 Å². The van der Waals surface area contributed by atoms with Gasteiger partial charge in [0, 0.05) is 36.6 Å². The second-order valence-corrected chi connectivity index (χ2v) is 8.82. The molecule has 0 radical (unpaired) electrons. The zero-order valence-corrected chi connectivity index (χ0v) is 16.4. The van der Waals surface area contributed by atoms with Crippen LogP contribution in [0.3, 0.4) is 0 Å². The number of aromatic nitrogens is 2. The molecule has 1 aromatic heterocycles. The lowest BCUT2D eigenvalue weighted by molar-refractivity contribution is 0.599. The van der Waals surface area contributed by atoms with Gasteiger partial charge in [0.2, 0.25) is 5.95 Å². The first-order valence-electron chi connectivity index (χ1n) is 9.09. The van der Waals surface area contributed by atoms with Crippen molar-refractivity contribution in [3.8, 4) is 0 Å². The lowest BCUT2D eigenvalue weighted by Gasteiger charge is -2.29. The average Bonchev–Trinajstić information content (AvgIpc) is 2.96. The van der Waals surface area contributed by atoms with Crippen molar-refractivity contribution in [3.05, 3.63) is 42.1 Å². The largest absolute Gasteiger partial charge is 0.337 e. The molecular weight excluding hydrogens is 348 g/mol. The Morgan fingerprint density at radius 2 is 1.85 bits per heavy atom. The van der Waals surface area contributed by atoms with Crippen molar-refractivity contribution in [3.63, 3.8) is 0 Å². The highest BCUT2D eigenvalue weighted by atomic mass is 32.2. The Hall–Kier alpha value is -2.15. The summed E-state index contributed by atoms with van der Waals surface area (Å²) >= 11 is 0. The van der Waals surface area contributed by atoms with Gasteiger partial charge in [0.15, 0.2) is 9.84 Å². The molecular formula is C19H26N4O2S. The third-order valence-electron chi connectivity index (χ3n) is 4.74. The van der Waals surface area contributed by atoms with Crippen LogP contribution in [0.5, 0.6) is 0 Å². The molecule has 26 heavy (non-hydrogen) atoms. The molecule has 1 atom stereocenters. The van der Waals surface area contributed by atoms with Crippen LogP contribution < -0.4 is 9.80 Å². The van der Waals surface area contributed by atoms with Crippen LogP contribution in [-0.4, -0.2) is 49.0 Å². The summed E-state index contributed by atoms with van der Waals surface area (Å²) in [6, 6.07) is 12.0. The molecule has 1 aliphatic rings. The fourth-order valence-corrected chi connectivity index (χ4v) is 5.20. The van der Waals surface area contributed by atoms with Gasteiger partial charge in [0.25, 0.3) is 0 Å². The number of nitrogens with zero attached hydrogens (tertiary/aromatic N) is 4. The number of anilines is 3. The quantitative estimate of drug-likeness (QED) is 0.774. The minimum absolute atomic E-state index is 0.0496. The van der Waals surface area contributed by atoms with Crippen LogP contribution in [-0.2, 0) is 9.84 Å². The van der Waals surface area contributed by atoms with Gasteiger partial charge in [-0.1, -0.05) is 18.2 Å². The van der Waals surface area contributed by atoms with Crippen LogP contribution in [0.25, 0.3) is 0 Å². The van der Waals surface area contributed by atoms with Gasteiger partial charge in [-0.15, -0.1) is 0 Å². The molecule has 3 rings (SSSR count). The van der Waals surface area contributed by atoms with E-state index in [4.69, 9.17) is 4.98 Å². The summed E-state index contributed by atoms with van der Waals surface area (Å²) in [5, 5.41) is 0. The zero-order valence-electron chi connectivity index (χ0n) is 15.6. The van der Waals surface area contributed by atoms with Crippen LogP contribution in [0, 0.1) is 6.92 Å². The normalized spacial score (nSPS) is 18.7. The van der Waals surface area contributed by atoms with Crippen molar-refractivity contribution < 1.29 is 8.42 Å². The van der Waals surface area contributed by atoms with E-state index in [2.05, 4.69) is 28.9 Å². The van der Waals surface area contributed by atoms with E-state index in [0.717, 1.165) is 23.7 Å². The number of aryl methyl sites for hydroxylation is 1. The van der Waals surface area contributed by atoms with Gasteiger partial charge >= 0.3 is 0 Å². The molecule has 1 fully saturated rings. The van der Waals surface area contributed by atoms with Gasteiger partial charge in [-0.2, -0.15) is 4.98 Å². The van der Waals surface area contributed by atoms with Crippen molar-refractivity contribution in [2.75, 3.05) is 34.4 Å². The Labute approximate surface area is 155 Å². The Bertz CT molecular complexity index is 855. The summed E-state index contributed by atoms with van der Waals surface area (Å²) in [6.45, 7) is 7.52. The van der Waals surface area contributed by atoms with Crippen LogP contribution in [0.2, 0.25) is 0 Å². The maximum Gasteiger partial charge on any atom is 0.227 e. The molecule has 2 heterocycles. The van der Waals surface area contributed by atoms with Crippen molar-refractivity contribution in [1.29, 1.82) is 0 Å². The fourth-order valence-electron chi connectivity index (χ4n) is 3.47. The third-order valence-corrected chi connectivity index (χ3v) is 6.49. The highest BCUT2D eigenvalue weighted by Gasteiger charge is 2.33. The standard InChI is InChI=1S/C19H26N4O2S/c1-4-22(16-9-7-6-8-10-16)18-13-15(3)20-19(21-18)23(5-2)17-11-12-26(24,25)14-17/h6-10,13,17H,4-5,11-12,14H2,1-3H3. The first-order valence-corrected chi connectivity index (χ1v) is 10.9. The van der Waals surface area contributed by atoms with Crippen molar-refractivity contribution in [2.45, 2.75) is 33.2 Å². The van der Waals surface area contributed by atoms with E-state index in [0.29, 0.717) is 18.9 Å². The molecule has 0 saturated carbocycles. The van der Waals surface area contributed by atoms with E-state index in [1.807, 2.05) is 43.0 Å². The molecule has 140 valence electrons. The van der Waals surface area contributed by atoms with Gasteiger partial charge in [0.05, 0.1) is 11.5 Å². The van der Waals surface area contributed by atoms with E-state index in [-0.39, 0.29) is 17.5 Å².